The minimum absolute atomic E-state index is 0.377. The minimum Gasteiger partial charge on any atom is -0.354 e. The van der Waals surface area contributed by atoms with E-state index in [2.05, 4.69) is 166 Å². The third kappa shape index (κ3) is 6.52. The summed E-state index contributed by atoms with van der Waals surface area (Å²) in [7, 11) is 0. The first-order chi connectivity index (χ1) is 38.1. The van der Waals surface area contributed by atoms with Crippen LogP contribution in [-0.4, -0.2) is 33.6 Å². The quantitative estimate of drug-likeness (QED) is 0.173. The maximum atomic E-state index is 16.7. The van der Waals surface area contributed by atoms with Crippen molar-refractivity contribution in [3.63, 3.8) is 0 Å². The number of H-pyrrole nitrogens is 1. The Labute approximate surface area is 440 Å². The van der Waals surface area contributed by atoms with Crippen molar-refractivity contribution in [1.29, 1.82) is 0 Å². The maximum Gasteiger partial charge on any atom is 0.164 e. The van der Waals surface area contributed by atoms with Crippen molar-refractivity contribution >= 4 is 87.2 Å². The molecule has 0 aliphatic heterocycles. The Kier molecular flexibility index (Phi) is 9.38. The van der Waals surface area contributed by atoms with Crippen LogP contribution in [0.15, 0.2) is 249 Å². The van der Waals surface area contributed by atoms with Crippen LogP contribution >= 0.6 is 0 Å². The van der Waals surface area contributed by atoms with Crippen molar-refractivity contribution in [3.05, 3.63) is 255 Å². The summed E-state index contributed by atoms with van der Waals surface area (Å²) < 4.78 is 23.6. The third-order valence-corrected chi connectivity index (χ3v) is 15.5. The van der Waals surface area contributed by atoms with Gasteiger partial charge in [0.05, 0.1) is 44.3 Å². The normalized spacial score (nSPS) is 12.0. The van der Waals surface area contributed by atoms with Crippen molar-refractivity contribution in [2.75, 3.05) is 0 Å². The molecule has 0 bridgehead atoms. The van der Waals surface area contributed by atoms with E-state index in [-0.39, 0.29) is 5.82 Å². The lowest BCUT2D eigenvalue weighted by molar-refractivity contribution is 0.621. The molecule has 0 aliphatic rings. The topological polar surface area (TPSA) is 69.2 Å². The molecule has 11 aromatic carbocycles. The number of rotatable bonds is 7. The molecule has 0 radical (unpaired) electrons. The molecule has 7 nitrogen and oxygen atoms in total. The molecule has 0 unspecified atom stereocenters. The summed E-state index contributed by atoms with van der Waals surface area (Å²) in [6.45, 7) is 0. The maximum absolute atomic E-state index is 16.7. The van der Waals surface area contributed by atoms with Gasteiger partial charge in [0.1, 0.15) is 5.82 Å². The Morgan fingerprint density at radius 2 is 0.753 bits per heavy atom. The number of benzene rings is 11. The summed E-state index contributed by atoms with van der Waals surface area (Å²) in [6.07, 6.45) is 0. The first-order valence-corrected chi connectivity index (χ1v) is 25.9. The standard InChI is InChI=1S/C69H42FN7/c70-54-41-46(36-39-60(54)77-56-30-13-8-24-49(56)50-25-9-14-31-57(50)77)69-73-67(43-18-3-1-4-19-43)72-68(74-69)45-21-17-20-44(40-45)42-34-37-48(38-35-42)76-59-33-16-11-28-53(59)63-65(76)61-51-26-7-12-29-55(51)71-64(61)62-52-27-10-15-32-58(52)75(66(62)63)47-22-5-2-6-23-47/h1-41,71H. The Bertz CT molecular complexity index is 4990. The van der Waals surface area contributed by atoms with Crippen molar-refractivity contribution in [1.82, 2.24) is 33.6 Å². The average molecular weight is 988 g/mol. The van der Waals surface area contributed by atoms with Crippen LogP contribution in [-0.2, 0) is 0 Å². The molecule has 16 rings (SSSR count). The molecule has 0 saturated carbocycles. The highest BCUT2D eigenvalue weighted by molar-refractivity contribution is 6.39. The number of aromatic amines is 1. The zero-order chi connectivity index (χ0) is 50.7. The fourth-order valence-electron chi connectivity index (χ4n) is 12.1. The molecule has 8 heteroatoms. The Morgan fingerprint density at radius 3 is 1.38 bits per heavy atom. The third-order valence-electron chi connectivity index (χ3n) is 15.5. The van der Waals surface area contributed by atoms with Gasteiger partial charge in [-0.05, 0) is 90.0 Å². The fraction of sp³-hybridized carbons (Fsp3) is 0. The van der Waals surface area contributed by atoms with Crippen molar-refractivity contribution in [2.45, 2.75) is 0 Å². The highest BCUT2D eigenvalue weighted by atomic mass is 19.1. The zero-order valence-electron chi connectivity index (χ0n) is 41.2. The molecule has 0 atom stereocenters. The second kappa shape index (κ2) is 16.8. The van der Waals surface area contributed by atoms with E-state index in [0.717, 1.165) is 83.0 Å². The molecule has 77 heavy (non-hydrogen) atoms. The van der Waals surface area contributed by atoms with Gasteiger partial charge in [-0.1, -0.05) is 170 Å². The molecule has 360 valence electrons. The van der Waals surface area contributed by atoms with Crippen LogP contribution in [0.25, 0.3) is 150 Å². The summed E-state index contributed by atoms with van der Waals surface area (Å²) in [5.41, 5.74) is 15.6. The Balaban J connectivity index is 0.838. The molecule has 1 N–H and O–H groups in total. The number of hydrogen-bond acceptors (Lipinski definition) is 3. The van der Waals surface area contributed by atoms with Crippen LogP contribution in [0.2, 0.25) is 0 Å². The van der Waals surface area contributed by atoms with Gasteiger partial charge in [0.25, 0.3) is 0 Å². The average Bonchev–Trinajstić information content (AvgIpc) is 3.97. The number of aromatic nitrogens is 7. The molecular formula is C69H42FN7. The first-order valence-electron chi connectivity index (χ1n) is 25.9. The van der Waals surface area contributed by atoms with Crippen LogP contribution in [0.5, 0.6) is 0 Å². The molecule has 5 aromatic heterocycles. The van der Waals surface area contributed by atoms with Crippen molar-refractivity contribution < 1.29 is 4.39 Å². The molecule has 0 aliphatic carbocycles. The van der Waals surface area contributed by atoms with Gasteiger partial charge in [-0.2, -0.15) is 0 Å². The fourth-order valence-corrected chi connectivity index (χ4v) is 12.1. The van der Waals surface area contributed by atoms with E-state index >= 15 is 4.39 Å². The van der Waals surface area contributed by atoms with E-state index in [1.165, 1.54) is 43.9 Å². The summed E-state index contributed by atoms with van der Waals surface area (Å²) in [6, 6.07) is 85.6. The monoisotopic (exact) mass is 987 g/mol. The zero-order valence-corrected chi connectivity index (χ0v) is 41.2. The van der Waals surface area contributed by atoms with E-state index in [9.17, 15) is 0 Å². The first kappa shape index (κ1) is 43.0. The van der Waals surface area contributed by atoms with Crippen LogP contribution in [0, 0.1) is 5.82 Å². The predicted molar refractivity (Wildman–Crippen MR) is 314 cm³/mol. The highest BCUT2D eigenvalue weighted by Crippen LogP contribution is 2.49. The predicted octanol–water partition coefficient (Wildman–Crippen LogP) is 17.6. The summed E-state index contributed by atoms with van der Waals surface area (Å²) in [5, 5.41) is 9.32. The molecule has 16 aromatic rings. The van der Waals surface area contributed by atoms with Gasteiger partial charge in [-0.15, -0.1) is 0 Å². The number of hydrogen-bond donors (Lipinski definition) is 1. The van der Waals surface area contributed by atoms with Gasteiger partial charge >= 0.3 is 0 Å². The number of nitrogens with zero attached hydrogens (tertiary/aromatic N) is 6. The van der Waals surface area contributed by atoms with E-state index in [4.69, 9.17) is 15.0 Å². The number of fused-ring (bicyclic) bond motifs is 15. The second-order valence-corrected chi connectivity index (χ2v) is 19.7. The van der Waals surface area contributed by atoms with Crippen LogP contribution in [0.1, 0.15) is 0 Å². The lowest BCUT2D eigenvalue weighted by Crippen LogP contribution is -2.02. The second-order valence-electron chi connectivity index (χ2n) is 19.7. The van der Waals surface area contributed by atoms with Gasteiger partial charge < -0.3 is 18.7 Å². The van der Waals surface area contributed by atoms with E-state index in [1.807, 2.05) is 95.6 Å². The molecule has 5 heterocycles. The number of halogens is 1. The van der Waals surface area contributed by atoms with E-state index in [0.29, 0.717) is 28.7 Å². The summed E-state index contributed by atoms with van der Waals surface area (Å²) >= 11 is 0. The van der Waals surface area contributed by atoms with Crippen molar-refractivity contribution in [2.24, 2.45) is 0 Å². The van der Waals surface area contributed by atoms with E-state index in [1.54, 1.807) is 0 Å². The Morgan fingerprint density at radius 1 is 0.312 bits per heavy atom. The molecular weight excluding hydrogens is 946 g/mol. The molecule has 0 fully saturated rings. The smallest absolute Gasteiger partial charge is 0.164 e. The van der Waals surface area contributed by atoms with Gasteiger partial charge in [0.2, 0.25) is 0 Å². The highest BCUT2D eigenvalue weighted by Gasteiger charge is 2.27. The number of para-hydroxylation sites is 6. The molecule has 0 spiro atoms. The van der Waals surface area contributed by atoms with Gasteiger partial charge in [0.15, 0.2) is 17.5 Å². The van der Waals surface area contributed by atoms with E-state index < -0.39 is 0 Å². The lowest BCUT2D eigenvalue weighted by atomic mass is 10.0. The summed E-state index contributed by atoms with van der Waals surface area (Å²) in [5.74, 6) is 1.00. The van der Waals surface area contributed by atoms with Crippen molar-refractivity contribution in [3.8, 4) is 62.4 Å². The SMILES string of the molecule is Fc1cc(-c2nc(-c3ccccc3)nc(-c3cccc(-c4ccc(-n5c6ccccc6c6c7c(c8ccccc8n7-c7ccccc7)c7[nH]c8ccccc8c7c65)cc4)c3)n2)ccc1-n1c2ccccc2c2ccccc21. The largest absolute Gasteiger partial charge is 0.354 e. The van der Waals surface area contributed by atoms with Gasteiger partial charge in [-0.3, -0.25) is 0 Å². The molecule has 0 amide bonds. The number of nitrogens with one attached hydrogen (secondary N) is 1. The van der Waals surface area contributed by atoms with Gasteiger partial charge in [0, 0.05) is 76.7 Å². The van der Waals surface area contributed by atoms with Gasteiger partial charge in [-0.25, -0.2) is 19.3 Å². The molecule has 0 saturated heterocycles. The van der Waals surface area contributed by atoms with Crippen LogP contribution in [0.4, 0.5) is 4.39 Å². The minimum atomic E-state index is -0.377. The summed E-state index contributed by atoms with van der Waals surface area (Å²) in [4.78, 5) is 19.0. The van der Waals surface area contributed by atoms with Crippen LogP contribution in [0.3, 0.4) is 0 Å². The van der Waals surface area contributed by atoms with Crippen LogP contribution < -0.4 is 0 Å². The lowest BCUT2D eigenvalue weighted by Gasteiger charge is -2.13. The Hall–Kier alpha value is -10.4.